The lowest BCUT2D eigenvalue weighted by atomic mass is 10.1. The number of anilines is 1. The number of aryl methyl sites for hydroxylation is 1. The van der Waals surface area contributed by atoms with Crippen LogP contribution in [-0.4, -0.2) is 25.5 Å². The van der Waals surface area contributed by atoms with Gasteiger partial charge in [-0.3, -0.25) is 10.1 Å². The van der Waals surface area contributed by atoms with Gasteiger partial charge < -0.3 is 5.32 Å². The van der Waals surface area contributed by atoms with E-state index in [0.29, 0.717) is 11.4 Å². The molecular formula is C10H11FN6O2. The third-order valence-electron chi connectivity index (χ3n) is 2.59. The van der Waals surface area contributed by atoms with E-state index in [1.807, 2.05) is 0 Å². The summed E-state index contributed by atoms with van der Waals surface area (Å²) in [6.45, 7) is 3.25. The average molecular weight is 266 g/mol. The van der Waals surface area contributed by atoms with Gasteiger partial charge in [-0.2, -0.15) is 5.21 Å². The van der Waals surface area contributed by atoms with Gasteiger partial charge in [0.1, 0.15) is 11.5 Å². The fourth-order valence-corrected chi connectivity index (χ4v) is 1.59. The maximum Gasteiger partial charge on any atom is 0.295 e. The van der Waals surface area contributed by atoms with E-state index in [-0.39, 0.29) is 11.4 Å². The van der Waals surface area contributed by atoms with Crippen LogP contribution in [0.25, 0.3) is 0 Å². The normalized spacial score (nSPS) is 12.2. The fraction of sp³-hybridized carbons (Fsp3) is 0.300. The van der Waals surface area contributed by atoms with Crippen LogP contribution >= 0.6 is 0 Å². The molecule has 100 valence electrons. The van der Waals surface area contributed by atoms with Crippen molar-refractivity contribution < 1.29 is 9.31 Å². The quantitative estimate of drug-likeness (QED) is 0.644. The van der Waals surface area contributed by atoms with Gasteiger partial charge in [-0.1, -0.05) is 5.21 Å². The molecule has 0 amide bonds. The summed E-state index contributed by atoms with van der Waals surface area (Å²) in [7, 11) is 0. The van der Waals surface area contributed by atoms with Crippen molar-refractivity contribution in [1.29, 1.82) is 0 Å². The number of aromatic nitrogens is 4. The molecule has 0 aliphatic carbocycles. The number of rotatable bonds is 4. The summed E-state index contributed by atoms with van der Waals surface area (Å²) in [5.74, 6) is -0.263. The first-order valence-corrected chi connectivity index (χ1v) is 5.43. The smallest absolute Gasteiger partial charge is 0.295 e. The molecule has 1 atom stereocenters. The van der Waals surface area contributed by atoms with Crippen molar-refractivity contribution in [3.63, 3.8) is 0 Å². The zero-order valence-corrected chi connectivity index (χ0v) is 10.2. The molecule has 0 radical (unpaired) electrons. The van der Waals surface area contributed by atoms with Gasteiger partial charge in [-0.05, 0) is 25.5 Å². The molecule has 1 unspecified atom stereocenters. The van der Waals surface area contributed by atoms with Crippen LogP contribution in [0.5, 0.6) is 0 Å². The highest BCUT2D eigenvalue weighted by atomic mass is 19.1. The van der Waals surface area contributed by atoms with E-state index in [4.69, 9.17) is 0 Å². The van der Waals surface area contributed by atoms with Crippen LogP contribution < -0.4 is 5.32 Å². The molecule has 2 rings (SSSR count). The minimum atomic E-state index is -0.645. The van der Waals surface area contributed by atoms with Crippen molar-refractivity contribution >= 4 is 11.4 Å². The molecule has 19 heavy (non-hydrogen) atoms. The predicted octanol–water partition coefficient (Wildman–Crippen LogP) is 1.73. The number of aromatic amines is 1. The Morgan fingerprint density at radius 1 is 1.53 bits per heavy atom. The lowest BCUT2D eigenvalue weighted by Crippen LogP contribution is -2.10. The molecule has 0 spiro atoms. The molecule has 0 aliphatic heterocycles. The number of hydrogen-bond donors (Lipinski definition) is 2. The maximum atomic E-state index is 13.4. The lowest BCUT2D eigenvalue weighted by Gasteiger charge is -2.12. The van der Waals surface area contributed by atoms with Gasteiger partial charge in [0, 0.05) is 0 Å². The summed E-state index contributed by atoms with van der Waals surface area (Å²) in [4.78, 5) is 10.3. The largest absolute Gasteiger partial charge is 0.370 e. The van der Waals surface area contributed by atoms with Crippen molar-refractivity contribution in [2.75, 3.05) is 5.32 Å². The fourth-order valence-electron chi connectivity index (χ4n) is 1.59. The summed E-state index contributed by atoms with van der Waals surface area (Å²) in [5.41, 5.74) is 0.188. The topological polar surface area (TPSA) is 110 Å². The Morgan fingerprint density at radius 2 is 2.26 bits per heavy atom. The van der Waals surface area contributed by atoms with E-state index in [0.717, 1.165) is 6.07 Å². The summed E-state index contributed by atoms with van der Waals surface area (Å²) in [6, 6.07) is 1.87. The van der Waals surface area contributed by atoms with Crippen LogP contribution in [0, 0.1) is 22.9 Å². The van der Waals surface area contributed by atoms with E-state index < -0.39 is 16.8 Å². The van der Waals surface area contributed by atoms with E-state index in [1.54, 1.807) is 6.92 Å². The van der Waals surface area contributed by atoms with Crippen LogP contribution in [0.1, 0.15) is 24.4 Å². The van der Waals surface area contributed by atoms with Gasteiger partial charge >= 0.3 is 0 Å². The minimum absolute atomic E-state index is 0.209. The maximum absolute atomic E-state index is 13.4. The van der Waals surface area contributed by atoms with Crippen LogP contribution in [0.2, 0.25) is 0 Å². The zero-order valence-electron chi connectivity index (χ0n) is 10.2. The van der Waals surface area contributed by atoms with Gasteiger partial charge in [0.2, 0.25) is 0 Å². The van der Waals surface area contributed by atoms with Gasteiger partial charge in [-0.25, -0.2) is 4.39 Å². The average Bonchev–Trinajstić information content (AvgIpc) is 2.86. The molecule has 2 N–H and O–H groups in total. The van der Waals surface area contributed by atoms with E-state index in [2.05, 4.69) is 25.9 Å². The van der Waals surface area contributed by atoms with Gasteiger partial charge in [0.05, 0.1) is 17.0 Å². The summed E-state index contributed by atoms with van der Waals surface area (Å²) in [6.07, 6.45) is 0. The van der Waals surface area contributed by atoms with Crippen molar-refractivity contribution in [2.24, 2.45) is 0 Å². The van der Waals surface area contributed by atoms with E-state index in [9.17, 15) is 14.5 Å². The van der Waals surface area contributed by atoms with Crippen molar-refractivity contribution in [1.82, 2.24) is 20.6 Å². The van der Waals surface area contributed by atoms with Gasteiger partial charge in [0.15, 0.2) is 5.82 Å². The monoisotopic (exact) mass is 266 g/mol. The van der Waals surface area contributed by atoms with Crippen LogP contribution in [0.3, 0.4) is 0 Å². The third kappa shape index (κ3) is 2.64. The SMILES string of the molecule is Cc1cc(NC(C)c2nn[nH]n2)c([N+](=O)[O-])cc1F. The Hall–Kier alpha value is -2.58. The summed E-state index contributed by atoms with van der Waals surface area (Å²) in [5, 5.41) is 27.0. The molecule has 1 heterocycles. The molecule has 2 aromatic rings. The van der Waals surface area contributed by atoms with Gasteiger partial charge in [-0.15, -0.1) is 10.2 Å². The number of nitrogens with one attached hydrogen (secondary N) is 2. The Bertz CT molecular complexity index is 600. The summed E-state index contributed by atoms with van der Waals surface area (Å²) >= 11 is 0. The summed E-state index contributed by atoms with van der Waals surface area (Å²) < 4.78 is 13.4. The second-order valence-electron chi connectivity index (χ2n) is 4.01. The number of nitro benzene ring substituents is 1. The number of tetrazole rings is 1. The van der Waals surface area contributed by atoms with Gasteiger partial charge in [0.25, 0.3) is 5.69 Å². The molecular weight excluding hydrogens is 255 g/mol. The van der Waals surface area contributed by atoms with Crippen LogP contribution in [0.15, 0.2) is 12.1 Å². The highest BCUT2D eigenvalue weighted by molar-refractivity contribution is 5.63. The molecule has 0 aliphatic rings. The van der Waals surface area contributed by atoms with Crippen LogP contribution in [0.4, 0.5) is 15.8 Å². The lowest BCUT2D eigenvalue weighted by molar-refractivity contribution is -0.384. The highest BCUT2D eigenvalue weighted by Gasteiger charge is 2.20. The molecule has 9 heteroatoms. The first-order valence-electron chi connectivity index (χ1n) is 5.43. The number of halogens is 1. The molecule has 1 aromatic carbocycles. The number of hydrogen-bond acceptors (Lipinski definition) is 6. The Balaban J connectivity index is 2.33. The van der Waals surface area contributed by atoms with Crippen LogP contribution in [-0.2, 0) is 0 Å². The van der Waals surface area contributed by atoms with E-state index >= 15 is 0 Å². The molecule has 0 saturated carbocycles. The second kappa shape index (κ2) is 4.96. The molecule has 1 aromatic heterocycles. The highest BCUT2D eigenvalue weighted by Crippen LogP contribution is 2.29. The number of nitrogens with zero attached hydrogens (tertiary/aromatic N) is 4. The first kappa shape index (κ1) is 12.9. The van der Waals surface area contributed by atoms with Crippen molar-refractivity contribution in [3.8, 4) is 0 Å². The molecule has 0 bridgehead atoms. The van der Waals surface area contributed by atoms with Crippen molar-refractivity contribution in [2.45, 2.75) is 19.9 Å². The van der Waals surface area contributed by atoms with E-state index in [1.165, 1.54) is 13.0 Å². The standard InChI is InChI=1S/C10H11FN6O2/c1-5-3-8(9(17(18)19)4-7(5)11)12-6(2)10-13-15-16-14-10/h3-4,6,12H,1-2H3,(H,13,14,15,16). The molecule has 0 saturated heterocycles. The zero-order chi connectivity index (χ0) is 14.0. The molecule has 0 fully saturated rings. The number of nitro groups is 1. The predicted molar refractivity (Wildman–Crippen MR) is 64.0 cm³/mol. The second-order valence-corrected chi connectivity index (χ2v) is 4.01. The third-order valence-corrected chi connectivity index (χ3v) is 2.59. The Kier molecular flexibility index (Phi) is 3.36. The van der Waals surface area contributed by atoms with Crippen molar-refractivity contribution in [3.05, 3.63) is 39.5 Å². The Labute approximate surface area is 107 Å². The first-order chi connectivity index (χ1) is 8.99. The Morgan fingerprint density at radius 3 is 2.84 bits per heavy atom. The minimum Gasteiger partial charge on any atom is -0.370 e. The number of benzene rings is 1. The molecule has 8 nitrogen and oxygen atoms in total. The number of H-pyrrole nitrogens is 1.